The fraction of sp³-hybridized carbons (Fsp3) is 0.346. The van der Waals surface area contributed by atoms with Gasteiger partial charge in [0.1, 0.15) is 18.1 Å². The Morgan fingerprint density at radius 1 is 0.833 bits per heavy atom. The molecular formula is C26H31N7O9. The zero-order valence-corrected chi connectivity index (χ0v) is 22.2. The van der Waals surface area contributed by atoms with Crippen LogP contribution < -0.4 is 21.7 Å². The van der Waals surface area contributed by atoms with E-state index in [1.54, 1.807) is 30.5 Å². The van der Waals surface area contributed by atoms with Crippen LogP contribution in [0.5, 0.6) is 0 Å². The molecule has 1 aromatic carbocycles. The third kappa shape index (κ3) is 8.88. The number of imidazole rings is 1. The van der Waals surface area contributed by atoms with Crippen LogP contribution in [0.3, 0.4) is 0 Å². The SMILES string of the molecule is N[C@@H](CC(=O)O)C(=O)N[C@@H](Cc1cnc[nH]1)C(=O)N[C@@H](CCC(=O)O)C(=O)N[C@@H](Cc1c[nH]c2ccccc12)C(=O)O. The molecule has 0 aliphatic heterocycles. The molecule has 42 heavy (non-hydrogen) atoms. The van der Waals surface area contributed by atoms with Crippen LogP contribution in [0.4, 0.5) is 0 Å². The van der Waals surface area contributed by atoms with Crippen LogP contribution in [0.15, 0.2) is 43.0 Å². The van der Waals surface area contributed by atoms with E-state index in [-0.39, 0.29) is 12.8 Å². The lowest BCUT2D eigenvalue weighted by Crippen LogP contribution is -2.58. The molecule has 0 saturated carbocycles. The van der Waals surface area contributed by atoms with Gasteiger partial charge in [0.05, 0.1) is 18.8 Å². The summed E-state index contributed by atoms with van der Waals surface area (Å²) in [5.74, 6) is -6.78. The molecule has 0 saturated heterocycles. The van der Waals surface area contributed by atoms with E-state index in [1.807, 2.05) is 0 Å². The quantitative estimate of drug-likeness (QED) is 0.0971. The van der Waals surface area contributed by atoms with Crippen molar-refractivity contribution < 1.29 is 44.1 Å². The van der Waals surface area contributed by atoms with Gasteiger partial charge in [-0.25, -0.2) is 9.78 Å². The number of carboxylic acid groups (broad SMARTS) is 3. The van der Waals surface area contributed by atoms with E-state index in [1.165, 1.54) is 12.5 Å². The molecular weight excluding hydrogens is 554 g/mol. The topological polar surface area (TPSA) is 270 Å². The summed E-state index contributed by atoms with van der Waals surface area (Å²) in [4.78, 5) is 82.8. The summed E-state index contributed by atoms with van der Waals surface area (Å²) < 4.78 is 0. The largest absolute Gasteiger partial charge is 0.481 e. The van der Waals surface area contributed by atoms with Crippen LogP contribution in [-0.4, -0.2) is 90.1 Å². The molecule has 16 nitrogen and oxygen atoms in total. The molecule has 3 amide bonds. The minimum atomic E-state index is -1.49. The molecule has 4 atom stereocenters. The van der Waals surface area contributed by atoms with Crippen molar-refractivity contribution >= 4 is 46.5 Å². The highest BCUT2D eigenvalue weighted by Crippen LogP contribution is 2.19. The summed E-state index contributed by atoms with van der Waals surface area (Å²) in [6.45, 7) is 0. The van der Waals surface area contributed by atoms with Crippen LogP contribution in [0.25, 0.3) is 10.9 Å². The van der Waals surface area contributed by atoms with E-state index in [4.69, 9.17) is 10.8 Å². The molecule has 0 aliphatic carbocycles. The Hall–Kier alpha value is -5.25. The van der Waals surface area contributed by atoms with Crippen LogP contribution in [0.2, 0.25) is 0 Å². The molecule has 10 N–H and O–H groups in total. The first kappa shape index (κ1) is 31.3. The number of carbonyl (C=O) groups is 6. The van der Waals surface area contributed by atoms with Gasteiger partial charge in [-0.3, -0.25) is 24.0 Å². The van der Waals surface area contributed by atoms with Crippen LogP contribution in [-0.2, 0) is 41.6 Å². The molecule has 3 rings (SSSR count). The number of hydrogen-bond acceptors (Lipinski definition) is 8. The fourth-order valence-corrected chi connectivity index (χ4v) is 4.19. The predicted octanol–water partition coefficient (Wildman–Crippen LogP) is -1.12. The second-order valence-corrected chi connectivity index (χ2v) is 9.50. The van der Waals surface area contributed by atoms with Crippen molar-refractivity contribution in [2.24, 2.45) is 5.73 Å². The maximum atomic E-state index is 13.3. The highest BCUT2D eigenvalue weighted by atomic mass is 16.4. The zero-order chi connectivity index (χ0) is 30.8. The van der Waals surface area contributed by atoms with Crippen molar-refractivity contribution in [3.05, 3.63) is 54.2 Å². The number of aliphatic carboxylic acids is 3. The van der Waals surface area contributed by atoms with Crippen molar-refractivity contribution in [3.63, 3.8) is 0 Å². The summed E-state index contributed by atoms with van der Waals surface area (Å²) >= 11 is 0. The summed E-state index contributed by atoms with van der Waals surface area (Å²) in [6, 6.07) is 1.40. The second kappa shape index (κ2) is 14.4. The lowest BCUT2D eigenvalue weighted by molar-refractivity contribution is -0.143. The van der Waals surface area contributed by atoms with Crippen molar-refractivity contribution in [2.75, 3.05) is 0 Å². The number of amides is 3. The van der Waals surface area contributed by atoms with Gasteiger partial charge in [-0.15, -0.1) is 0 Å². The highest BCUT2D eigenvalue weighted by molar-refractivity contribution is 5.95. The van der Waals surface area contributed by atoms with Crippen LogP contribution in [0.1, 0.15) is 30.5 Å². The third-order valence-electron chi connectivity index (χ3n) is 6.34. The first-order valence-electron chi connectivity index (χ1n) is 12.8. The maximum Gasteiger partial charge on any atom is 0.326 e. The molecule has 0 spiro atoms. The monoisotopic (exact) mass is 585 g/mol. The van der Waals surface area contributed by atoms with E-state index in [0.29, 0.717) is 11.3 Å². The smallest absolute Gasteiger partial charge is 0.326 e. The van der Waals surface area contributed by atoms with Crippen molar-refractivity contribution in [3.8, 4) is 0 Å². The number of rotatable bonds is 16. The number of nitrogens with zero attached hydrogens (tertiary/aromatic N) is 1. The molecule has 16 heteroatoms. The van der Waals surface area contributed by atoms with Crippen LogP contribution in [0, 0.1) is 0 Å². The number of benzene rings is 1. The van der Waals surface area contributed by atoms with Gasteiger partial charge in [0, 0.05) is 48.3 Å². The minimum Gasteiger partial charge on any atom is -0.481 e. The molecule has 0 unspecified atom stereocenters. The lowest BCUT2D eigenvalue weighted by Gasteiger charge is -2.25. The van der Waals surface area contributed by atoms with Crippen molar-refractivity contribution in [1.29, 1.82) is 0 Å². The van der Waals surface area contributed by atoms with Crippen molar-refractivity contribution in [2.45, 2.75) is 56.3 Å². The second-order valence-electron chi connectivity index (χ2n) is 9.50. The van der Waals surface area contributed by atoms with Gasteiger partial charge in [0.2, 0.25) is 17.7 Å². The number of aromatic amines is 2. The highest BCUT2D eigenvalue weighted by Gasteiger charge is 2.31. The Labute approximate surface area is 238 Å². The first-order chi connectivity index (χ1) is 19.9. The average molecular weight is 586 g/mol. The molecule has 3 aromatic rings. The molecule has 0 aliphatic rings. The van der Waals surface area contributed by atoms with Gasteiger partial charge in [-0.05, 0) is 18.1 Å². The van der Waals surface area contributed by atoms with E-state index < -0.39 is 79.1 Å². The number of para-hydroxylation sites is 1. The Bertz CT molecular complexity index is 1440. The van der Waals surface area contributed by atoms with E-state index >= 15 is 0 Å². The van der Waals surface area contributed by atoms with E-state index in [9.17, 15) is 39.0 Å². The summed E-state index contributed by atoms with van der Waals surface area (Å²) in [5, 5.41) is 35.8. The molecule has 224 valence electrons. The Kier molecular flexibility index (Phi) is 10.7. The first-order valence-corrected chi connectivity index (χ1v) is 12.8. The number of nitrogens with one attached hydrogen (secondary N) is 5. The summed E-state index contributed by atoms with van der Waals surface area (Å²) in [6.07, 6.45) is 2.41. The summed E-state index contributed by atoms with van der Waals surface area (Å²) in [7, 11) is 0. The van der Waals surface area contributed by atoms with Gasteiger partial charge < -0.3 is 47.0 Å². The van der Waals surface area contributed by atoms with Gasteiger partial charge in [0.15, 0.2) is 0 Å². The lowest BCUT2D eigenvalue weighted by atomic mass is 10.0. The van der Waals surface area contributed by atoms with Crippen LogP contribution >= 0.6 is 0 Å². The van der Waals surface area contributed by atoms with Crippen molar-refractivity contribution in [1.82, 2.24) is 30.9 Å². The zero-order valence-electron chi connectivity index (χ0n) is 22.2. The van der Waals surface area contributed by atoms with E-state index in [2.05, 4.69) is 30.9 Å². The van der Waals surface area contributed by atoms with Gasteiger partial charge in [-0.1, -0.05) is 18.2 Å². The average Bonchev–Trinajstić information content (AvgIpc) is 3.59. The normalized spacial score (nSPS) is 13.8. The van der Waals surface area contributed by atoms with Gasteiger partial charge in [-0.2, -0.15) is 0 Å². The molecule has 2 heterocycles. The number of aromatic nitrogens is 3. The van der Waals surface area contributed by atoms with Gasteiger partial charge >= 0.3 is 17.9 Å². The minimum absolute atomic E-state index is 0.106. The molecule has 0 bridgehead atoms. The Morgan fingerprint density at radius 2 is 1.50 bits per heavy atom. The third-order valence-corrected chi connectivity index (χ3v) is 6.34. The fourth-order valence-electron chi connectivity index (χ4n) is 4.19. The molecule has 0 fully saturated rings. The standard InChI is InChI=1S/C26H31N7O9/c27-16(9-22(36)37)23(38)32-19(8-14-11-28-12-30-14)25(40)31-18(5-6-21(34)35)24(39)33-20(26(41)42)7-13-10-29-17-4-2-1-3-15(13)17/h1-4,10-12,16,18-20,29H,5-9,27H2,(H,28,30)(H,31,40)(H,32,38)(H,33,39)(H,34,35)(H,36,37)(H,41,42)/t16-,18-,19-,20-/m0/s1. The number of nitrogens with two attached hydrogens (primary N) is 1. The van der Waals surface area contributed by atoms with E-state index in [0.717, 1.165) is 10.9 Å². The number of fused-ring (bicyclic) bond motifs is 1. The number of carbonyl (C=O) groups excluding carboxylic acids is 3. The predicted molar refractivity (Wildman–Crippen MR) is 145 cm³/mol. The van der Waals surface area contributed by atoms with Gasteiger partial charge in [0.25, 0.3) is 0 Å². The number of carboxylic acids is 3. The number of hydrogen-bond donors (Lipinski definition) is 9. The molecule has 2 aromatic heterocycles. The Morgan fingerprint density at radius 3 is 2.14 bits per heavy atom. The Balaban J connectivity index is 1.78. The number of H-pyrrole nitrogens is 2. The maximum absolute atomic E-state index is 13.3. The molecule has 0 radical (unpaired) electrons. The summed E-state index contributed by atoms with van der Waals surface area (Å²) in [5.41, 5.74) is 7.39.